The van der Waals surface area contributed by atoms with Crippen LogP contribution in [0.2, 0.25) is 18.1 Å². The SMILES string of the molecule is CCS[C@@H]1[C@@H]([C@@H](C)O[Si](C)(C)C(C)(C)C)C(=O)N1C(C(=O)O)=C(Oc1ccc(C)cc1)SC(=O)C(C)(C)C. The standard InChI is InChI=1S/C28H43NO6S2Si/c1-12-36-23-20(18(3)35-38(10,11)28(7,8)9)22(30)29(23)21(24(31)32)25(37-26(33)27(4,5)6)34-19-15-13-17(2)14-16-19/h13-16,18,20,23H,12H2,1-11H3,(H,31,32)/t18-,20+,23-/m1/s1. The Morgan fingerprint density at radius 1 is 1.11 bits per heavy atom. The van der Waals surface area contributed by atoms with Crippen LogP contribution in [0, 0.1) is 18.3 Å². The van der Waals surface area contributed by atoms with E-state index < -0.39 is 31.0 Å². The van der Waals surface area contributed by atoms with Gasteiger partial charge in [0.05, 0.1) is 17.4 Å². The Balaban J connectivity index is 2.56. The summed E-state index contributed by atoms with van der Waals surface area (Å²) in [6.45, 7) is 21.8. The van der Waals surface area contributed by atoms with Gasteiger partial charge < -0.3 is 14.3 Å². The maximum absolute atomic E-state index is 13.7. The number of β-lactam (4-membered cyclic amide) rings is 1. The fourth-order valence-corrected chi connectivity index (χ4v) is 7.15. The van der Waals surface area contributed by atoms with Gasteiger partial charge in [0.25, 0.3) is 0 Å². The van der Waals surface area contributed by atoms with Gasteiger partial charge >= 0.3 is 5.97 Å². The molecule has 1 N–H and O–H groups in total. The molecule has 1 aromatic carbocycles. The van der Waals surface area contributed by atoms with Crippen molar-refractivity contribution in [1.82, 2.24) is 4.90 Å². The van der Waals surface area contributed by atoms with Crippen LogP contribution in [-0.4, -0.2) is 52.5 Å². The van der Waals surface area contributed by atoms with Gasteiger partial charge in [-0.1, -0.05) is 66.2 Å². The van der Waals surface area contributed by atoms with Gasteiger partial charge in [-0.05, 0) is 61.6 Å². The minimum absolute atomic E-state index is 0.0354. The number of carboxylic acids is 1. The van der Waals surface area contributed by atoms with Crippen molar-refractivity contribution in [2.45, 2.75) is 91.9 Å². The number of hydrogen-bond donors (Lipinski definition) is 1. The van der Waals surface area contributed by atoms with Gasteiger partial charge in [-0.25, -0.2) is 4.79 Å². The fourth-order valence-electron chi connectivity index (χ4n) is 3.58. The van der Waals surface area contributed by atoms with Gasteiger partial charge in [0.1, 0.15) is 5.75 Å². The minimum Gasteiger partial charge on any atom is -0.476 e. The molecule has 3 atom stereocenters. The maximum Gasteiger partial charge on any atom is 0.357 e. The van der Waals surface area contributed by atoms with E-state index >= 15 is 0 Å². The van der Waals surface area contributed by atoms with Gasteiger partial charge in [0.15, 0.2) is 19.1 Å². The summed E-state index contributed by atoms with van der Waals surface area (Å²) in [6, 6.07) is 7.10. The average molecular weight is 582 g/mol. The number of likely N-dealkylation sites (tertiary alicyclic amines) is 1. The molecule has 2 rings (SSSR count). The van der Waals surface area contributed by atoms with E-state index in [-0.39, 0.29) is 33.0 Å². The number of thioether (sulfide) groups is 2. The third-order valence-corrected chi connectivity index (χ3v) is 13.9. The number of hydrogen-bond acceptors (Lipinski definition) is 7. The molecule has 0 radical (unpaired) electrons. The summed E-state index contributed by atoms with van der Waals surface area (Å²) in [6.07, 6.45) is -0.385. The third-order valence-electron chi connectivity index (χ3n) is 6.88. The molecule has 1 aromatic rings. The van der Waals surface area contributed by atoms with Gasteiger partial charge in [0, 0.05) is 5.41 Å². The van der Waals surface area contributed by atoms with Crippen LogP contribution in [0.25, 0.3) is 0 Å². The maximum atomic E-state index is 13.7. The molecule has 0 spiro atoms. The molecule has 1 aliphatic rings. The molecule has 1 aliphatic heterocycles. The lowest BCUT2D eigenvalue weighted by Crippen LogP contribution is -2.64. The highest BCUT2D eigenvalue weighted by molar-refractivity contribution is 8.16. The summed E-state index contributed by atoms with van der Waals surface area (Å²) in [5.41, 5.74) is -0.0589. The predicted octanol–water partition coefficient (Wildman–Crippen LogP) is 6.88. The molecule has 38 heavy (non-hydrogen) atoms. The van der Waals surface area contributed by atoms with Crippen molar-refractivity contribution in [3.8, 4) is 5.75 Å². The van der Waals surface area contributed by atoms with Gasteiger partial charge in [-0.2, -0.15) is 0 Å². The van der Waals surface area contributed by atoms with E-state index in [4.69, 9.17) is 9.16 Å². The van der Waals surface area contributed by atoms with Crippen LogP contribution >= 0.6 is 23.5 Å². The molecule has 1 saturated heterocycles. The highest BCUT2D eigenvalue weighted by Gasteiger charge is 2.55. The van der Waals surface area contributed by atoms with Crippen LogP contribution in [0.3, 0.4) is 0 Å². The van der Waals surface area contributed by atoms with Crippen molar-refractivity contribution < 1.29 is 28.7 Å². The summed E-state index contributed by atoms with van der Waals surface area (Å²) in [5.74, 6) is -1.11. The summed E-state index contributed by atoms with van der Waals surface area (Å²) in [5, 5.41) is 9.47. The number of nitrogens with zero attached hydrogens (tertiary/aromatic N) is 1. The summed E-state index contributed by atoms with van der Waals surface area (Å²) in [7, 11) is -2.17. The zero-order valence-corrected chi connectivity index (χ0v) is 27.1. The molecule has 0 aromatic heterocycles. The number of aliphatic carboxylic acids is 1. The van der Waals surface area contributed by atoms with Crippen LogP contribution in [0.15, 0.2) is 35.1 Å². The largest absolute Gasteiger partial charge is 0.476 e. The molecule has 212 valence electrons. The number of carbonyl (C=O) groups is 3. The molecule has 1 heterocycles. The molecule has 0 aliphatic carbocycles. The Labute approximate surface area is 237 Å². The van der Waals surface area contributed by atoms with Gasteiger partial charge in [-0.15, -0.1) is 11.8 Å². The third kappa shape index (κ3) is 7.46. The smallest absolute Gasteiger partial charge is 0.357 e. The van der Waals surface area contributed by atoms with Crippen molar-refractivity contribution in [3.63, 3.8) is 0 Å². The van der Waals surface area contributed by atoms with E-state index in [0.717, 1.165) is 17.3 Å². The number of carboxylic acid groups (broad SMARTS) is 1. The number of amides is 1. The second-order valence-electron chi connectivity index (χ2n) is 12.2. The number of rotatable bonds is 10. The summed E-state index contributed by atoms with van der Waals surface area (Å²) < 4.78 is 12.6. The van der Waals surface area contributed by atoms with Gasteiger partial charge in [0.2, 0.25) is 11.0 Å². The second kappa shape index (κ2) is 12.2. The van der Waals surface area contributed by atoms with Crippen LogP contribution < -0.4 is 4.74 Å². The lowest BCUT2D eigenvalue weighted by atomic mass is 9.92. The Kier molecular flexibility index (Phi) is 10.4. The van der Waals surface area contributed by atoms with E-state index in [1.54, 1.807) is 32.9 Å². The Morgan fingerprint density at radius 3 is 2.11 bits per heavy atom. The van der Waals surface area contributed by atoms with Crippen molar-refractivity contribution >= 4 is 48.8 Å². The minimum atomic E-state index is -2.17. The lowest BCUT2D eigenvalue weighted by molar-refractivity contribution is -0.157. The highest BCUT2D eigenvalue weighted by Crippen LogP contribution is 2.46. The quantitative estimate of drug-likeness (QED) is 0.138. The molecular formula is C28H43NO6S2Si. The molecule has 10 heteroatoms. The topological polar surface area (TPSA) is 93.1 Å². The van der Waals surface area contributed by atoms with E-state index in [0.29, 0.717) is 11.5 Å². The molecule has 1 amide bonds. The lowest BCUT2D eigenvalue weighted by Gasteiger charge is -2.50. The predicted molar refractivity (Wildman–Crippen MR) is 159 cm³/mol. The van der Waals surface area contributed by atoms with Crippen molar-refractivity contribution in [2.24, 2.45) is 11.3 Å². The van der Waals surface area contributed by atoms with E-state index in [2.05, 4.69) is 33.9 Å². The molecule has 0 saturated carbocycles. The van der Waals surface area contributed by atoms with Crippen LogP contribution in [0.5, 0.6) is 5.75 Å². The second-order valence-corrected chi connectivity index (χ2v) is 19.3. The monoisotopic (exact) mass is 581 g/mol. The molecule has 0 unspecified atom stereocenters. The molecular weight excluding hydrogens is 539 g/mol. The van der Waals surface area contributed by atoms with E-state index in [9.17, 15) is 19.5 Å². The Bertz CT molecular complexity index is 1070. The zero-order valence-electron chi connectivity index (χ0n) is 24.5. The first-order valence-corrected chi connectivity index (χ1v) is 17.7. The number of benzene rings is 1. The highest BCUT2D eigenvalue weighted by atomic mass is 32.2. The normalized spacial score (nSPS) is 20.0. The van der Waals surface area contributed by atoms with Crippen LogP contribution in [0.1, 0.15) is 61.0 Å². The Morgan fingerprint density at radius 2 is 1.66 bits per heavy atom. The molecule has 1 fully saturated rings. The average Bonchev–Trinajstić information content (AvgIpc) is 2.76. The Hall–Kier alpha value is -1.75. The fraction of sp³-hybridized carbons (Fsp3) is 0.607. The first-order chi connectivity index (χ1) is 17.3. The van der Waals surface area contributed by atoms with E-state index in [1.165, 1.54) is 16.7 Å². The summed E-state index contributed by atoms with van der Waals surface area (Å²) in [4.78, 5) is 40.6. The van der Waals surface area contributed by atoms with Crippen LogP contribution in [-0.2, 0) is 18.8 Å². The van der Waals surface area contributed by atoms with Crippen molar-refractivity contribution in [3.05, 3.63) is 40.6 Å². The van der Waals surface area contributed by atoms with Gasteiger partial charge in [-0.3, -0.25) is 14.5 Å². The first-order valence-electron chi connectivity index (χ1n) is 12.9. The number of ether oxygens (including phenoxy) is 1. The zero-order chi connectivity index (χ0) is 29.2. The summed E-state index contributed by atoms with van der Waals surface area (Å²) >= 11 is 2.21. The first kappa shape index (κ1) is 32.5. The molecule has 0 bridgehead atoms. The van der Waals surface area contributed by atoms with E-state index in [1.807, 2.05) is 32.9 Å². The number of aryl methyl sites for hydroxylation is 1. The van der Waals surface area contributed by atoms with Crippen molar-refractivity contribution in [2.75, 3.05) is 5.75 Å². The number of carbonyl (C=O) groups excluding carboxylic acids is 2. The van der Waals surface area contributed by atoms with Crippen molar-refractivity contribution in [1.29, 1.82) is 0 Å². The van der Waals surface area contributed by atoms with Crippen LogP contribution in [0.4, 0.5) is 0 Å². The molecule has 7 nitrogen and oxygen atoms in total.